The molecule has 0 rings (SSSR count). The van der Waals surface area contributed by atoms with Crippen LogP contribution in [-0.2, 0) is 22.4 Å². The van der Waals surface area contributed by atoms with E-state index in [9.17, 15) is 0 Å². The minimum atomic E-state index is -1.75. The summed E-state index contributed by atoms with van der Waals surface area (Å²) >= 11 is 0. The normalized spacial score (nSPS) is 5.65. The maximum Gasteiger partial charge on any atom is 3.00 e. The predicted octanol–water partition coefficient (Wildman–Crippen LogP) is -0.846. The fourth-order valence-electron chi connectivity index (χ4n) is 0. The molecule has 17 heavy (non-hydrogen) atoms. The second kappa shape index (κ2) is 23.4. The molecule has 17 heteroatoms. The number of hydrogen-bond donors (Lipinski definition) is 0. The molecule has 0 heterocycles. The fraction of sp³-hybridized carbons (Fsp3) is 0. The molecule has 0 fully saturated rings. The van der Waals surface area contributed by atoms with Crippen LogP contribution in [0, 0.1) is 61.3 Å². The van der Waals surface area contributed by atoms with Gasteiger partial charge in [0.05, 0.1) is 20.3 Å². The summed E-state index contributed by atoms with van der Waals surface area (Å²) in [4.78, 5) is 33.0. The van der Waals surface area contributed by atoms with Crippen molar-refractivity contribution in [3.05, 3.63) is 61.3 Å². The molecule has 0 aromatic carbocycles. The van der Waals surface area contributed by atoms with Crippen molar-refractivity contribution in [1.82, 2.24) is 0 Å². The Kier molecular flexibility index (Phi) is 40.3. The average Bonchev–Trinajstić information content (AvgIpc) is 1.76. The molecule has 0 N–H and O–H groups in total. The molecule has 0 saturated carbocycles. The molecular weight excluding hydrogens is 445 g/mol. The Bertz CT molecular complexity index is 164. The molecule has 0 amide bonds. The van der Waals surface area contributed by atoms with Crippen molar-refractivity contribution in [2.75, 3.05) is 0 Å². The van der Waals surface area contributed by atoms with Crippen LogP contribution in [-0.4, -0.2) is 20.3 Å². The van der Waals surface area contributed by atoms with Crippen LogP contribution in [0.1, 0.15) is 1.43 Å². The molecule has 0 saturated heterocycles. The first-order chi connectivity index (χ1) is 6.93. The van der Waals surface area contributed by atoms with Crippen molar-refractivity contribution in [3.63, 3.8) is 0 Å². The van der Waals surface area contributed by atoms with Gasteiger partial charge in [-0.15, -0.1) is 0 Å². The number of hydrogen-bond acceptors (Lipinski definition) is 12. The minimum absolute atomic E-state index is 0. The smallest absolute Gasteiger partial charge is 0.356 e. The Morgan fingerprint density at radius 3 is 0.471 bits per heavy atom. The van der Waals surface area contributed by atoms with E-state index in [1.165, 1.54) is 0 Å². The van der Waals surface area contributed by atoms with Crippen molar-refractivity contribution in [2.24, 2.45) is 0 Å². The zero-order chi connectivity index (χ0) is 14.3. The summed E-state index contributed by atoms with van der Waals surface area (Å²) in [6, 6.07) is 0. The minimum Gasteiger partial charge on any atom is -0.356 e. The third-order valence-electron chi connectivity index (χ3n) is 0. The number of nitrogens with zero attached hydrogens (tertiary/aromatic N) is 4. The van der Waals surface area contributed by atoms with Crippen molar-refractivity contribution in [3.8, 4) is 0 Å². The van der Waals surface area contributed by atoms with Gasteiger partial charge in [0.25, 0.3) is 0 Å². The van der Waals surface area contributed by atoms with Gasteiger partial charge in [-0.05, 0) is 0 Å². The van der Waals surface area contributed by atoms with Crippen LogP contribution in [0.3, 0.4) is 0 Å². The van der Waals surface area contributed by atoms with Gasteiger partial charge in [-0.3, -0.25) is 0 Å². The maximum atomic E-state index is 8.25. The molecule has 0 aliphatic carbocycles. The Labute approximate surface area is 106 Å². The molecule has 0 aromatic heterocycles. The summed E-state index contributed by atoms with van der Waals surface area (Å²) in [5.41, 5.74) is 0. The van der Waals surface area contributed by atoms with Crippen LogP contribution in [0.25, 0.3) is 0 Å². The molecule has 16 nitrogen and oxygen atoms in total. The molecule has 0 aromatic rings. The zero-order valence-electron chi connectivity index (χ0n) is 7.99. The fourth-order valence-corrected chi connectivity index (χ4v) is 0. The second-order valence-electron chi connectivity index (χ2n) is 0.894. The molecule has 0 aliphatic heterocycles. The third kappa shape index (κ3) is 298. The molecule has 0 aliphatic rings. The van der Waals surface area contributed by atoms with E-state index in [1.54, 1.807) is 0 Å². The summed E-state index contributed by atoms with van der Waals surface area (Å²) in [7, 11) is 0. The van der Waals surface area contributed by atoms with Crippen LogP contribution in [0.5, 0.6) is 0 Å². The van der Waals surface area contributed by atoms with E-state index in [0.717, 1.165) is 0 Å². The molecule has 0 atom stereocenters. The van der Waals surface area contributed by atoms with Crippen LogP contribution < -0.4 is 0 Å². The molecule has 0 spiro atoms. The first kappa shape index (κ1) is 29.3. The van der Waals surface area contributed by atoms with Crippen molar-refractivity contribution in [2.45, 2.75) is 0 Å². The van der Waals surface area contributed by atoms with Gasteiger partial charge in [0.1, 0.15) is 0 Å². The third-order valence-corrected chi connectivity index (χ3v) is 0. The van der Waals surface area contributed by atoms with Crippen molar-refractivity contribution < 1.29 is 44.2 Å². The summed E-state index contributed by atoms with van der Waals surface area (Å²) in [5, 5.41) is 59.0. The van der Waals surface area contributed by atoms with Gasteiger partial charge in [0.2, 0.25) is 0 Å². The topological polar surface area (TPSA) is 265 Å². The summed E-state index contributed by atoms with van der Waals surface area (Å²) in [6.45, 7) is 0. The van der Waals surface area contributed by atoms with Gasteiger partial charge >= 0.3 is 23.8 Å². The van der Waals surface area contributed by atoms with Gasteiger partial charge in [-0.1, -0.05) is 0 Å². The Hall–Kier alpha value is -2.46. The molecule has 104 valence electrons. The second-order valence-corrected chi connectivity index (χ2v) is 0.894. The van der Waals surface area contributed by atoms with Crippen LogP contribution in [0.15, 0.2) is 0 Å². The monoisotopic (exact) mass is 446 g/mol. The Morgan fingerprint density at radius 1 is 0.471 bits per heavy atom. The van der Waals surface area contributed by atoms with E-state index >= 15 is 0 Å². The first-order valence-electron chi connectivity index (χ1n) is 2.19. The van der Waals surface area contributed by atoms with Crippen LogP contribution >= 0.6 is 0 Å². The predicted molar refractivity (Wildman–Crippen MR) is 42.6 cm³/mol. The molecule has 0 unspecified atom stereocenters. The van der Waals surface area contributed by atoms with Crippen LogP contribution in [0.4, 0.5) is 0 Å². The summed E-state index contributed by atoms with van der Waals surface area (Å²) in [5.74, 6) is 0. The van der Waals surface area contributed by atoms with Gasteiger partial charge in [-0.2, -0.15) is 0 Å². The van der Waals surface area contributed by atoms with Gasteiger partial charge < -0.3 is 61.3 Å². The van der Waals surface area contributed by atoms with E-state index in [2.05, 4.69) is 0 Å². The van der Waals surface area contributed by atoms with Crippen molar-refractivity contribution >= 4 is 0 Å². The van der Waals surface area contributed by atoms with Gasteiger partial charge in [-0.25, -0.2) is 0 Å². The van der Waals surface area contributed by atoms with E-state index in [1.807, 2.05) is 0 Å². The summed E-state index contributed by atoms with van der Waals surface area (Å²) in [6.07, 6.45) is 0. The van der Waals surface area contributed by atoms with E-state index < -0.39 is 20.3 Å². The Balaban J connectivity index is -0.0000000257. The molecule has 0 radical (unpaired) electrons. The molecular formula is HAuN4O12. The SMILES string of the molecule is O=[N+]([O-])[O-].O=[N+]([O-])[O-].O=[N+]([O-])[O-].O=[N+]([O-])[O-].[Au+3].[H+]. The quantitative estimate of drug-likeness (QED) is 0.250. The average molecular weight is 446 g/mol. The first-order valence-corrected chi connectivity index (χ1v) is 2.19. The zero-order valence-corrected chi connectivity index (χ0v) is 9.16. The van der Waals surface area contributed by atoms with E-state index in [0.29, 0.717) is 0 Å². The summed E-state index contributed by atoms with van der Waals surface area (Å²) < 4.78 is 0. The largest absolute Gasteiger partial charge is 3.00 e. The number of rotatable bonds is 0. The van der Waals surface area contributed by atoms with Crippen LogP contribution in [0.2, 0.25) is 0 Å². The standard InChI is InChI=1S/Au.4NO3/c;4*2-1(3)4/q+3;4*-1/p+1. The van der Waals surface area contributed by atoms with Crippen molar-refractivity contribution in [1.29, 1.82) is 0 Å². The van der Waals surface area contributed by atoms with E-state index in [-0.39, 0.29) is 23.8 Å². The molecule has 0 bridgehead atoms. The van der Waals surface area contributed by atoms with Gasteiger partial charge in [0, 0.05) is 0 Å². The Morgan fingerprint density at radius 2 is 0.471 bits per heavy atom. The maximum absolute atomic E-state index is 8.25. The van der Waals surface area contributed by atoms with Gasteiger partial charge in [0.15, 0.2) is 0 Å². The van der Waals surface area contributed by atoms with E-state index in [4.69, 9.17) is 61.3 Å².